The molecule has 4 rings (SSSR count). The van der Waals surface area contributed by atoms with E-state index in [4.69, 9.17) is 5.73 Å². The number of nitrogens with two attached hydrogens (primary N) is 1. The normalized spacial score (nSPS) is 17.4. The number of benzene rings is 3. The van der Waals surface area contributed by atoms with Gasteiger partial charge in [0.25, 0.3) is 5.91 Å². The zero-order chi connectivity index (χ0) is 31.3. The molecule has 0 radical (unpaired) electrons. The fourth-order valence-electron chi connectivity index (χ4n) is 6.02. The Morgan fingerprint density at radius 1 is 1.09 bits per heavy atom. The molecule has 3 aromatic rings. The molecule has 5 N–H and O–H groups in total. The summed E-state index contributed by atoms with van der Waals surface area (Å²) in [6.07, 6.45) is -0.496. The first-order valence-corrected chi connectivity index (χ1v) is 14.4. The van der Waals surface area contributed by atoms with Crippen molar-refractivity contribution in [1.29, 1.82) is 0 Å². The molecule has 2 amide bonds. The van der Waals surface area contributed by atoms with Gasteiger partial charge in [-0.25, -0.2) is 13.2 Å². The van der Waals surface area contributed by atoms with E-state index in [0.29, 0.717) is 37.1 Å². The van der Waals surface area contributed by atoms with Crippen LogP contribution < -0.4 is 11.1 Å². The molecular weight excluding hydrogens is 559 g/mol. The maximum Gasteiger partial charge on any atom is 0.256 e. The maximum absolute atomic E-state index is 15.6. The van der Waals surface area contributed by atoms with Crippen LogP contribution in [0.15, 0.2) is 54.6 Å². The van der Waals surface area contributed by atoms with E-state index < -0.39 is 46.9 Å². The molecule has 3 unspecified atom stereocenters. The molecule has 230 valence electrons. The number of hydrogen-bond donors (Lipinski definition) is 4. The van der Waals surface area contributed by atoms with Crippen molar-refractivity contribution >= 4 is 11.8 Å². The second kappa shape index (κ2) is 13.7. The predicted molar refractivity (Wildman–Crippen MR) is 157 cm³/mol. The summed E-state index contributed by atoms with van der Waals surface area (Å²) in [4.78, 5) is 26.4. The third kappa shape index (κ3) is 7.09. The van der Waals surface area contributed by atoms with Crippen molar-refractivity contribution in [2.45, 2.75) is 57.3 Å². The van der Waals surface area contributed by atoms with Gasteiger partial charge in [0.05, 0.1) is 11.2 Å². The summed E-state index contributed by atoms with van der Waals surface area (Å²) in [5, 5.41) is 25.4. The predicted octanol–water partition coefficient (Wildman–Crippen LogP) is 4.56. The van der Waals surface area contributed by atoms with E-state index >= 15 is 8.78 Å². The zero-order valence-electron chi connectivity index (χ0n) is 24.4. The number of piperidine rings is 1. The maximum atomic E-state index is 15.6. The van der Waals surface area contributed by atoms with Crippen LogP contribution in [-0.4, -0.2) is 53.2 Å². The van der Waals surface area contributed by atoms with Gasteiger partial charge in [-0.05, 0) is 87.5 Å². The van der Waals surface area contributed by atoms with Crippen LogP contribution in [0.1, 0.15) is 59.2 Å². The number of aliphatic hydroxyl groups excluding tert-OH is 1. The number of carbonyl (C=O) groups is 2. The van der Waals surface area contributed by atoms with Crippen LogP contribution in [0.5, 0.6) is 0 Å². The van der Waals surface area contributed by atoms with Crippen LogP contribution in [0, 0.1) is 30.3 Å². The Balaban J connectivity index is 1.74. The van der Waals surface area contributed by atoms with Gasteiger partial charge < -0.3 is 26.2 Å². The Hall–Kier alpha value is -3.73. The molecule has 0 bridgehead atoms. The lowest BCUT2D eigenvalue weighted by Crippen LogP contribution is -2.48. The number of likely N-dealkylation sites (tertiary alicyclic amines) is 1. The number of amides is 2. The summed E-state index contributed by atoms with van der Waals surface area (Å²) in [5.41, 5.74) is 4.70. The van der Waals surface area contributed by atoms with Gasteiger partial charge >= 0.3 is 0 Å². The first kappa shape index (κ1) is 32.2. The molecular formula is C33H38F3N3O4. The van der Waals surface area contributed by atoms with Crippen LogP contribution in [0.3, 0.4) is 0 Å². The highest BCUT2D eigenvalue weighted by molar-refractivity contribution is 5.94. The van der Waals surface area contributed by atoms with E-state index in [1.54, 1.807) is 26.1 Å². The van der Waals surface area contributed by atoms with Crippen molar-refractivity contribution in [3.05, 3.63) is 94.3 Å². The average molecular weight is 598 g/mol. The molecule has 0 saturated carbocycles. The van der Waals surface area contributed by atoms with Crippen LogP contribution in [0.25, 0.3) is 11.1 Å². The Labute approximate surface area is 249 Å². The lowest BCUT2D eigenvalue weighted by Gasteiger charge is -2.44. The van der Waals surface area contributed by atoms with Crippen molar-refractivity contribution in [2.24, 2.45) is 11.7 Å². The number of hydrogen-bond acceptors (Lipinski definition) is 5. The largest absolute Gasteiger partial charge is 0.385 e. The first-order valence-electron chi connectivity index (χ1n) is 14.4. The number of primary amides is 1. The molecule has 0 spiro atoms. The summed E-state index contributed by atoms with van der Waals surface area (Å²) >= 11 is 0. The number of aryl methyl sites for hydroxylation is 1. The molecule has 1 saturated heterocycles. The summed E-state index contributed by atoms with van der Waals surface area (Å²) in [6, 6.07) is 12.9. The van der Waals surface area contributed by atoms with Crippen molar-refractivity contribution in [2.75, 3.05) is 20.1 Å². The van der Waals surface area contributed by atoms with Gasteiger partial charge in [0, 0.05) is 36.7 Å². The molecule has 1 aliphatic rings. The average Bonchev–Trinajstić information content (AvgIpc) is 2.98. The van der Waals surface area contributed by atoms with E-state index in [2.05, 4.69) is 5.32 Å². The summed E-state index contributed by atoms with van der Waals surface area (Å²) in [6.45, 7) is 2.53. The van der Waals surface area contributed by atoms with Crippen LogP contribution in [-0.2, 0) is 16.9 Å². The molecule has 3 atom stereocenters. The summed E-state index contributed by atoms with van der Waals surface area (Å²) < 4.78 is 45.7. The number of carbonyl (C=O) groups excluding carboxylic acids is 2. The van der Waals surface area contributed by atoms with E-state index in [-0.39, 0.29) is 48.1 Å². The Morgan fingerprint density at radius 2 is 1.86 bits per heavy atom. The van der Waals surface area contributed by atoms with Gasteiger partial charge in [-0.1, -0.05) is 29.8 Å². The molecule has 0 aliphatic carbocycles. The van der Waals surface area contributed by atoms with E-state index in [1.165, 1.54) is 47.4 Å². The lowest BCUT2D eigenvalue weighted by atomic mass is 9.71. The molecule has 10 heteroatoms. The molecule has 1 fully saturated rings. The molecule has 3 aromatic carbocycles. The highest BCUT2D eigenvalue weighted by Gasteiger charge is 2.43. The number of nitrogens with one attached hydrogen (secondary N) is 1. The third-order valence-corrected chi connectivity index (χ3v) is 8.26. The smallest absolute Gasteiger partial charge is 0.256 e. The number of halogens is 3. The second-order valence-corrected chi connectivity index (χ2v) is 11.3. The molecule has 1 heterocycles. The minimum Gasteiger partial charge on any atom is -0.385 e. The Bertz CT molecular complexity index is 1480. The monoisotopic (exact) mass is 597 g/mol. The quantitative estimate of drug-likeness (QED) is 0.259. The van der Waals surface area contributed by atoms with Crippen molar-refractivity contribution in [3.63, 3.8) is 0 Å². The Kier molecular flexibility index (Phi) is 10.3. The van der Waals surface area contributed by atoms with E-state index in [0.717, 1.165) is 0 Å². The highest BCUT2D eigenvalue weighted by atomic mass is 19.1. The van der Waals surface area contributed by atoms with Crippen molar-refractivity contribution < 1.29 is 33.0 Å². The van der Waals surface area contributed by atoms with Crippen LogP contribution in [0.2, 0.25) is 0 Å². The van der Waals surface area contributed by atoms with Crippen LogP contribution in [0.4, 0.5) is 13.2 Å². The van der Waals surface area contributed by atoms with E-state index in [1.807, 2.05) is 0 Å². The first-order chi connectivity index (χ1) is 20.5. The number of nitrogens with zero attached hydrogens (tertiary/aromatic N) is 1. The third-order valence-electron chi connectivity index (χ3n) is 8.26. The zero-order valence-corrected chi connectivity index (χ0v) is 24.4. The second-order valence-electron chi connectivity index (χ2n) is 11.3. The van der Waals surface area contributed by atoms with Crippen LogP contribution >= 0.6 is 0 Å². The van der Waals surface area contributed by atoms with Gasteiger partial charge in [0.15, 0.2) is 0 Å². The minimum absolute atomic E-state index is 0.0174. The molecule has 7 nitrogen and oxygen atoms in total. The van der Waals surface area contributed by atoms with Gasteiger partial charge in [-0.2, -0.15) is 0 Å². The lowest BCUT2D eigenvalue weighted by molar-refractivity contribution is -0.126. The number of rotatable bonds is 11. The number of aliphatic hydroxyl groups is 2. The molecule has 0 aromatic heterocycles. The summed E-state index contributed by atoms with van der Waals surface area (Å²) in [5.74, 6) is -4.15. The van der Waals surface area contributed by atoms with Gasteiger partial charge in [-0.15, -0.1) is 0 Å². The van der Waals surface area contributed by atoms with Crippen molar-refractivity contribution in [1.82, 2.24) is 10.2 Å². The van der Waals surface area contributed by atoms with E-state index in [9.17, 15) is 24.2 Å². The van der Waals surface area contributed by atoms with Gasteiger partial charge in [-0.3, -0.25) is 9.59 Å². The standard InChI is InChI=1S/C33H38F3N3O4/c1-20-10-13-26(34)24(16-20)30-25(7-3-8-27(30)35)33(43,14-4-9-29(40)31(37)41)22-6-5-15-39(19-22)32(42)23-12-11-21(18-38-2)17-28(23)36/h3,7-8,10-13,16-17,22,29,38,40,43H,4-6,9,14-15,18-19H2,1-2H3,(H2,37,41). The SMILES string of the molecule is CNCc1ccc(C(=O)N2CCCC(C(O)(CCCC(O)C(N)=O)c3cccc(F)c3-c3cc(C)ccc3F)C2)c(F)c1. The minimum atomic E-state index is -1.81. The fourth-order valence-corrected chi connectivity index (χ4v) is 6.02. The van der Waals surface area contributed by atoms with Crippen molar-refractivity contribution in [3.8, 4) is 11.1 Å². The fraction of sp³-hybridized carbons (Fsp3) is 0.394. The van der Waals surface area contributed by atoms with Gasteiger partial charge in [0.1, 0.15) is 23.6 Å². The molecule has 43 heavy (non-hydrogen) atoms. The van der Waals surface area contributed by atoms with Gasteiger partial charge in [0.2, 0.25) is 5.91 Å². The highest BCUT2D eigenvalue weighted by Crippen LogP contribution is 2.45. The summed E-state index contributed by atoms with van der Waals surface area (Å²) in [7, 11) is 1.73. The molecule has 1 aliphatic heterocycles. The Morgan fingerprint density at radius 3 is 2.56 bits per heavy atom. The topological polar surface area (TPSA) is 116 Å².